The zero-order chi connectivity index (χ0) is 12.8. The number of aliphatic hydroxyl groups is 1. The monoisotopic (exact) mass is 257 g/mol. The van der Waals surface area contributed by atoms with Crippen LogP contribution in [0.15, 0.2) is 18.2 Å². The van der Waals surface area contributed by atoms with Gasteiger partial charge in [0.2, 0.25) is 0 Å². The minimum absolute atomic E-state index is 0.282. The molecule has 0 saturated carbocycles. The van der Waals surface area contributed by atoms with Crippen LogP contribution in [-0.4, -0.2) is 17.6 Å². The number of benzene rings is 1. The number of nitrogens with one attached hydrogen (secondary N) is 1. The van der Waals surface area contributed by atoms with Gasteiger partial charge in [0.1, 0.15) is 18.2 Å². The van der Waals surface area contributed by atoms with Crippen LogP contribution in [-0.2, 0) is 0 Å². The Labute approximate surface area is 108 Å². The lowest BCUT2D eigenvalue weighted by Crippen LogP contribution is -2.39. The second kappa shape index (κ2) is 6.84. The molecule has 0 aliphatic heterocycles. The summed E-state index contributed by atoms with van der Waals surface area (Å²) in [7, 11) is 0. The van der Waals surface area contributed by atoms with Crippen LogP contribution in [0.2, 0.25) is 5.02 Å². The maximum atomic E-state index is 9.61. The Morgan fingerprint density at radius 3 is 2.76 bits per heavy atom. The number of halogens is 1. The van der Waals surface area contributed by atoms with Crippen LogP contribution < -0.4 is 10.1 Å². The normalized spacial score (nSPS) is 14.4. The van der Waals surface area contributed by atoms with Crippen molar-refractivity contribution in [1.82, 2.24) is 5.32 Å². The molecule has 2 N–H and O–H groups in total. The van der Waals surface area contributed by atoms with Gasteiger partial charge in [0.15, 0.2) is 0 Å². The third kappa shape index (κ3) is 4.54. The molecule has 0 radical (unpaired) electrons. The Morgan fingerprint density at radius 1 is 1.47 bits per heavy atom. The fourth-order valence-corrected chi connectivity index (χ4v) is 1.87. The van der Waals surface area contributed by atoms with E-state index in [0.717, 1.165) is 12.0 Å². The summed E-state index contributed by atoms with van der Waals surface area (Å²) in [5, 5.41) is 13.2. The van der Waals surface area contributed by atoms with Gasteiger partial charge in [0.05, 0.1) is 5.02 Å². The highest BCUT2D eigenvalue weighted by Crippen LogP contribution is 2.28. The maximum absolute atomic E-state index is 9.61. The molecule has 4 heteroatoms. The van der Waals surface area contributed by atoms with E-state index in [4.69, 9.17) is 16.3 Å². The van der Waals surface area contributed by atoms with Gasteiger partial charge in [-0.3, -0.25) is 5.32 Å². The SMILES string of the molecule is CCCC(O)NC(C)Oc1c(C)cccc1Cl. The molecule has 0 spiro atoms. The number of rotatable bonds is 6. The lowest BCUT2D eigenvalue weighted by Gasteiger charge is -2.21. The van der Waals surface area contributed by atoms with Gasteiger partial charge in [-0.1, -0.05) is 37.1 Å². The van der Waals surface area contributed by atoms with Crippen LogP contribution in [0.3, 0.4) is 0 Å². The Morgan fingerprint density at radius 2 is 2.18 bits per heavy atom. The Hall–Kier alpha value is -0.770. The summed E-state index contributed by atoms with van der Waals surface area (Å²) in [6, 6.07) is 5.62. The first kappa shape index (κ1) is 14.3. The minimum atomic E-state index is -0.544. The molecule has 17 heavy (non-hydrogen) atoms. The van der Waals surface area contributed by atoms with Gasteiger partial charge in [-0.2, -0.15) is 0 Å². The summed E-state index contributed by atoms with van der Waals surface area (Å²) in [6.45, 7) is 5.81. The molecule has 0 heterocycles. The molecule has 0 fully saturated rings. The quantitative estimate of drug-likeness (QED) is 0.770. The van der Waals surface area contributed by atoms with Gasteiger partial charge in [0, 0.05) is 0 Å². The van der Waals surface area contributed by atoms with Gasteiger partial charge in [-0.05, 0) is 31.9 Å². The lowest BCUT2D eigenvalue weighted by molar-refractivity contribution is 0.0587. The van der Waals surface area contributed by atoms with Crippen LogP contribution in [0.25, 0.3) is 0 Å². The number of aliphatic hydroxyl groups excluding tert-OH is 1. The Balaban J connectivity index is 2.59. The van der Waals surface area contributed by atoms with Gasteiger partial charge in [-0.15, -0.1) is 0 Å². The third-order valence-electron chi connectivity index (χ3n) is 2.45. The van der Waals surface area contributed by atoms with E-state index in [1.807, 2.05) is 32.9 Å². The molecule has 1 rings (SSSR count). The van der Waals surface area contributed by atoms with Gasteiger partial charge < -0.3 is 9.84 Å². The fraction of sp³-hybridized carbons (Fsp3) is 0.538. The molecule has 0 aromatic heterocycles. The largest absolute Gasteiger partial charge is 0.474 e. The van der Waals surface area contributed by atoms with Crippen molar-refractivity contribution >= 4 is 11.6 Å². The van der Waals surface area contributed by atoms with E-state index in [1.54, 1.807) is 6.07 Å². The van der Waals surface area contributed by atoms with Crippen LogP contribution >= 0.6 is 11.6 Å². The van der Waals surface area contributed by atoms with Crippen molar-refractivity contribution in [1.29, 1.82) is 0 Å². The molecule has 3 nitrogen and oxygen atoms in total. The van der Waals surface area contributed by atoms with E-state index >= 15 is 0 Å². The molecule has 1 aromatic carbocycles. The molecule has 1 aromatic rings. The maximum Gasteiger partial charge on any atom is 0.149 e. The molecule has 0 bridgehead atoms. The molecule has 2 unspecified atom stereocenters. The average Bonchev–Trinajstić information content (AvgIpc) is 2.24. The summed E-state index contributed by atoms with van der Waals surface area (Å²) < 4.78 is 5.69. The van der Waals surface area contributed by atoms with Crippen molar-refractivity contribution in [3.63, 3.8) is 0 Å². The van der Waals surface area contributed by atoms with Crippen molar-refractivity contribution in [3.05, 3.63) is 28.8 Å². The van der Waals surface area contributed by atoms with E-state index in [0.29, 0.717) is 17.2 Å². The highest BCUT2D eigenvalue weighted by Gasteiger charge is 2.12. The molecule has 0 aliphatic rings. The van der Waals surface area contributed by atoms with Crippen LogP contribution in [0, 0.1) is 6.92 Å². The Kier molecular flexibility index (Phi) is 5.75. The van der Waals surface area contributed by atoms with Crippen molar-refractivity contribution < 1.29 is 9.84 Å². The molecular formula is C13H20ClNO2. The number of hydrogen-bond acceptors (Lipinski definition) is 3. The first-order chi connectivity index (χ1) is 8.04. The van der Waals surface area contributed by atoms with Crippen molar-refractivity contribution in [2.24, 2.45) is 0 Å². The average molecular weight is 258 g/mol. The van der Waals surface area contributed by atoms with Gasteiger partial charge in [-0.25, -0.2) is 0 Å². The summed E-state index contributed by atoms with van der Waals surface area (Å²) in [5.74, 6) is 0.665. The second-order valence-electron chi connectivity index (χ2n) is 4.12. The molecule has 96 valence electrons. The van der Waals surface area contributed by atoms with E-state index in [-0.39, 0.29) is 6.23 Å². The minimum Gasteiger partial charge on any atom is -0.474 e. The molecular weight excluding hydrogens is 238 g/mol. The van der Waals surface area contributed by atoms with Crippen LogP contribution in [0.4, 0.5) is 0 Å². The fourth-order valence-electron chi connectivity index (χ4n) is 1.60. The van der Waals surface area contributed by atoms with E-state index in [9.17, 15) is 5.11 Å². The Bertz CT molecular complexity index is 337. The number of hydrogen-bond donors (Lipinski definition) is 2. The van der Waals surface area contributed by atoms with E-state index < -0.39 is 6.23 Å². The topological polar surface area (TPSA) is 41.5 Å². The summed E-state index contributed by atoms with van der Waals surface area (Å²) in [5.41, 5.74) is 0.983. The van der Waals surface area contributed by atoms with Crippen molar-refractivity contribution in [2.75, 3.05) is 0 Å². The van der Waals surface area contributed by atoms with Crippen molar-refractivity contribution in [2.45, 2.75) is 46.1 Å². The predicted octanol–water partition coefficient (Wildman–Crippen LogP) is 3.08. The molecule has 2 atom stereocenters. The third-order valence-corrected chi connectivity index (χ3v) is 2.75. The molecule has 0 amide bonds. The summed E-state index contributed by atoms with van der Waals surface area (Å²) >= 11 is 6.06. The molecule has 0 saturated heterocycles. The highest BCUT2D eigenvalue weighted by atomic mass is 35.5. The first-order valence-electron chi connectivity index (χ1n) is 5.90. The van der Waals surface area contributed by atoms with E-state index in [1.165, 1.54) is 0 Å². The highest BCUT2D eigenvalue weighted by molar-refractivity contribution is 6.32. The summed E-state index contributed by atoms with van der Waals surface area (Å²) in [6.07, 6.45) is 0.800. The zero-order valence-electron chi connectivity index (χ0n) is 10.5. The van der Waals surface area contributed by atoms with Gasteiger partial charge in [0.25, 0.3) is 0 Å². The van der Waals surface area contributed by atoms with Gasteiger partial charge >= 0.3 is 0 Å². The standard InChI is InChI=1S/C13H20ClNO2/c1-4-6-12(16)15-10(3)17-13-9(2)7-5-8-11(13)14/h5,7-8,10,12,15-16H,4,6H2,1-3H3. The van der Waals surface area contributed by atoms with Crippen LogP contribution in [0.5, 0.6) is 5.75 Å². The molecule has 0 aliphatic carbocycles. The zero-order valence-corrected chi connectivity index (χ0v) is 11.3. The predicted molar refractivity (Wildman–Crippen MR) is 70.3 cm³/mol. The number of ether oxygens (including phenoxy) is 1. The van der Waals surface area contributed by atoms with Crippen LogP contribution in [0.1, 0.15) is 32.3 Å². The lowest BCUT2D eigenvalue weighted by atomic mass is 10.2. The summed E-state index contributed by atoms with van der Waals surface area (Å²) in [4.78, 5) is 0. The number of aryl methyl sites for hydroxylation is 1. The first-order valence-corrected chi connectivity index (χ1v) is 6.28. The number of para-hydroxylation sites is 1. The van der Waals surface area contributed by atoms with E-state index in [2.05, 4.69) is 5.32 Å². The smallest absolute Gasteiger partial charge is 0.149 e. The second-order valence-corrected chi connectivity index (χ2v) is 4.52. The van der Waals surface area contributed by atoms with Crippen molar-refractivity contribution in [3.8, 4) is 5.75 Å².